The minimum absolute atomic E-state index is 0.102. The Hall–Kier alpha value is -3.60. The van der Waals surface area contributed by atoms with Gasteiger partial charge >= 0.3 is 6.09 Å². The lowest BCUT2D eigenvalue weighted by Crippen LogP contribution is -2.14. The average Bonchev–Trinajstić information content (AvgIpc) is 3.17. The van der Waals surface area contributed by atoms with E-state index in [0.717, 1.165) is 28.0 Å². The number of fused-ring (bicyclic) bond motifs is 1. The summed E-state index contributed by atoms with van der Waals surface area (Å²) in [7, 11) is 0. The molecule has 0 fully saturated rings. The molecular weight excluding hydrogens is 374 g/mol. The topological polar surface area (TPSA) is 67.0 Å². The summed E-state index contributed by atoms with van der Waals surface area (Å²) in [6.07, 6.45) is -0.480. The van der Waals surface area contributed by atoms with E-state index >= 15 is 0 Å². The number of para-hydroxylation sites is 2. The lowest BCUT2D eigenvalue weighted by atomic mass is 9.87. The van der Waals surface area contributed by atoms with Crippen LogP contribution in [0.25, 0.3) is 22.4 Å². The van der Waals surface area contributed by atoms with Gasteiger partial charge in [0.2, 0.25) is 0 Å². The number of carbonyl (C=O) groups excluding carboxylic acids is 1. The van der Waals surface area contributed by atoms with E-state index in [1.54, 1.807) is 0 Å². The number of carbonyl (C=O) groups is 1. The molecule has 0 bridgehead atoms. The highest BCUT2D eigenvalue weighted by molar-refractivity contribution is 5.85. The Balaban J connectivity index is 1.34. The van der Waals surface area contributed by atoms with Gasteiger partial charge in [-0.05, 0) is 52.9 Å². The molecule has 4 rings (SSSR count). The van der Waals surface area contributed by atoms with Gasteiger partial charge in [-0.1, -0.05) is 57.2 Å². The summed E-state index contributed by atoms with van der Waals surface area (Å²) in [5.41, 5.74) is 5.85. The molecule has 30 heavy (non-hydrogen) atoms. The zero-order valence-electron chi connectivity index (χ0n) is 17.4. The Morgan fingerprint density at radius 1 is 0.967 bits per heavy atom. The van der Waals surface area contributed by atoms with Crippen LogP contribution in [0.2, 0.25) is 0 Å². The van der Waals surface area contributed by atoms with Gasteiger partial charge in [0.25, 0.3) is 0 Å². The number of nitrogens with one attached hydrogen (secondary N) is 2. The maximum atomic E-state index is 12.1. The van der Waals surface area contributed by atoms with Crippen molar-refractivity contribution >= 4 is 22.8 Å². The number of imidazole rings is 1. The SMILES string of the molecule is CC(C)(C)c1ccc(COC(=O)Nc2ccc(-c3nc4ccccc4[nH]3)cc2)cc1. The predicted octanol–water partition coefficient (Wildman–Crippen LogP) is 6.28. The summed E-state index contributed by atoms with van der Waals surface area (Å²) in [5, 5.41) is 2.76. The van der Waals surface area contributed by atoms with Gasteiger partial charge in [-0.25, -0.2) is 9.78 Å². The standard InChI is InChI=1S/C25H25N3O2/c1-25(2,3)19-12-8-17(9-13-19)16-30-24(29)26-20-14-10-18(11-15-20)23-27-21-6-4-5-7-22(21)28-23/h4-15H,16H2,1-3H3,(H,26,29)(H,27,28). The van der Waals surface area contributed by atoms with Gasteiger partial charge < -0.3 is 9.72 Å². The summed E-state index contributed by atoms with van der Waals surface area (Å²) in [4.78, 5) is 20.0. The maximum absolute atomic E-state index is 12.1. The van der Waals surface area contributed by atoms with Crippen molar-refractivity contribution in [3.05, 3.63) is 83.9 Å². The molecule has 3 aromatic carbocycles. The lowest BCUT2D eigenvalue weighted by Gasteiger charge is -2.19. The van der Waals surface area contributed by atoms with Crippen molar-refractivity contribution in [3.63, 3.8) is 0 Å². The van der Waals surface area contributed by atoms with Gasteiger partial charge in [0, 0.05) is 11.3 Å². The summed E-state index contributed by atoms with van der Waals surface area (Å²) in [6.45, 7) is 6.75. The van der Waals surface area contributed by atoms with Crippen LogP contribution in [0.1, 0.15) is 31.9 Å². The van der Waals surface area contributed by atoms with E-state index < -0.39 is 6.09 Å². The summed E-state index contributed by atoms with van der Waals surface area (Å²) < 4.78 is 5.34. The molecular formula is C25H25N3O2. The molecule has 0 saturated heterocycles. The Morgan fingerprint density at radius 2 is 1.67 bits per heavy atom. The lowest BCUT2D eigenvalue weighted by molar-refractivity contribution is 0.155. The first-order valence-corrected chi connectivity index (χ1v) is 9.97. The second-order valence-electron chi connectivity index (χ2n) is 8.33. The van der Waals surface area contributed by atoms with Crippen LogP contribution in [0, 0.1) is 0 Å². The number of amides is 1. The van der Waals surface area contributed by atoms with E-state index in [0.29, 0.717) is 5.69 Å². The van der Waals surface area contributed by atoms with Crippen LogP contribution in [0.4, 0.5) is 10.5 Å². The second kappa shape index (κ2) is 8.03. The van der Waals surface area contributed by atoms with Crippen molar-refractivity contribution in [2.24, 2.45) is 0 Å². The zero-order chi connectivity index (χ0) is 21.1. The van der Waals surface area contributed by atoms with Crippen LogP contribution < -0.4 is 5.32 Å². The minimum atomic E-state index is -0.480. The maximum Gasteiger partial charge on any atom is 0.411 e. The molecule has 5 nitrogen and oxygen atoms in total. The predicted molar refractivity (Wildman–Crippen MR) is 120 cm³/mol. The summed E-state index contributed by atoms with van der Waals surface area (Å²) in [6, 6.07) is 23.5. The molecule has 152 valence electrons. The fourth-order valence-corrected chi connectivity index (χ4v) is 3.20. The van der Waals surface area contributed by atoms with Gasteiger partial charge in [0.1, 0.15) is 12.4 Å². The van der Waals surface area contributed by atoms with E-state index in [2.05, 4.69) is 48.2 Å². The highest BCUT2D eigenvalue weighted by Crippen LogP contribution is 2.23. The molecule has 2 N–H and O–H groups in total. The molecule has 1 amide bonds. The molecule has 0 aliphatic carbocycles. The molecule has 0 atom stereocenters. The van der Waals surface area contributed by atoms with Gasteiger partial charge in [-0.2, -0.15) is 0 Å². The zero-order valence-corrected chi connectivity index (χ0v) is 17.4. The Morgan fingerprint density at radius 3 is 2.33 bits per heavy atom. The van der Waals surface area contributed by atoms with Crippen LogP contribution in [0.3, 0.4) is 0 Å². The van der Waals surface area contributed by atoms with Crippen molar-refractivity contribution in [3.8, 4) is 11.4 Å². The van der Waals surface area contributed by atoms with Gasteiger partial charge in [0.05, 0.1) is 11.0 Å². The summed E-state index contributed by atoms with van der Waals surface area (Å²) in [5.74, 6) is 0.795. The molecule has 1 aromatic heterocycles. The van der Waals surface area contributed by atoms with Gasteiger partial charge in [-0.3, -0.25) is 5.32 Å². The van der Waals surface area contributed by atoms with Crippen LogP contribution in [-0.4, -0.2) is 16.1 Å². The van der Waals surface area contributed by atoms with Crippen molar-refractivity contribution in [1.29, 1.82) is 0 Å². The molecule has 5 heteroatoms. The molecule has 0 aliphatic heterocycles. The first-order valence-electron chi connectivity index (χ1n) is 9.97. The fraction of sp³-hybridized carbons (Fsp3) is 0.200. The van der Waals surface area contributed by atoms with E-state index in [1.165, 1.54) is 5.56 Å². The van der Waals surface area contributed by atoms with Crippen molar-refractivity contribution in [2.75, 3.05) is 5.32 Å². The van der Waals surface area contributed by atoms with Crippen LogP contribution in [0.5, 0.6) is 0 Å². The monoisotopic (exact) mass is 399 g/mol. The smallest absolute Gasteiger partial charge is 0.411 e. The third-order valence-corrected chi connectivity index (χ3v) is 4.98. The molecule has 0 spiro atoms. The number of ether oxygens (including phenoxy) is 1. The normalized spacial score (nSPS) is 11.4. The highest BCUT2D eigenvalue weighted by Gasteiger charge is 2.13. The first kappa shape index (κ1) is 19.7. The Labute approximate surface area is 176 Å². The number of aromatic amines is 1. The van der Waals surface area contributed by atoms with E-state index in [-0.39, 0.29) is 12.0 Å². The average molecular weight is 399 g/mol. The Kier molecular flexibility index (Phi) is 5.27. The Bertz CT molecular complexity index is 1120. The third-order valence-electron chi connectivity index (χ3n) is 4.98. The number of nitrogens with zero attached hydrogens (tertiary/aromatic N) is 1. The number of benzene rings is 3. The van der Waals surface area contributed by atoms with E-state index in [4.69, 9.17) is 4.74 Å². The highest BCUT2D eigenvalue weighted by atomic mass is 16.5. The van der Waals surface area contributed by atoms with Crippen molar-refractivity contribution in [1.82, 2.24) is 9.97 Å². The number of anilines is 1. The fourth-order valence-electron chi connectivity index (χ4n) is 3.20. The van der Waals surface area contributed by atoms with E-state index in [1.807, 2.05) is 60.7 Å². The van der Waals surface area contributed by atoms with Crippen LogP contribution in [0.15, 0.2) is 72.8 Å². The molecule has 4 aromatic rings. The third kappa shape index (κ3) is 4.51. The van der Waals surface area contributed by atoms with Crippen LogP contribution in [-0.2, 0) is 16.8 Å². The molecule has 0 aliphatic rings. The summed E-state index contributed by atoms with van der Waals surface area (Å²) >= 11 is 0. The van der Waals surface area contributed by atoms with Gasteiger partial charge in [0.15, 0.2) is 0 Å². The molecule has 0 unspecified atom stereocenters. The molecule has 0 saturated carbocycles. The molecule has 0 radical (unpaired) electrons. The van der Waals surface area contributed by atoms with Crippen molar-refractivity contribution in [2.45, 2.75) is 32.8 Å². The van der Waals surface area contributed by atoms with Crippen LogP contribution >= 0.6 is 0 Å². The minimum Gasteiger partial charge on any atom is -0.444 e. The second-order valence-corrected chi connectivity index (χ2v) is 8.33. The molecule has 1 heterocycles. The number of rotatable bonds is 4. The first-order chi connectivity index (χ1) is 14.4. The number of H-pyrrole nitrogens is 1. The largest absolute Gasteiger partial charge is 0.444 e. The quantitative estimate of drug-likeness (QED) is 0.425. The van der Waals surface area contributed by atoms with Crippen molar-refractivity contribution < 1.29 is 9.53 Å². The van der Waals surface area contributed by atoms with E-state index in [9.17, 15) is 4.79 Å². The van der Waals surface area contributed by atoms with Gasteiger partial charge in [-0.15, -0.1) is 0 Å². The number of hydrogen-bond acceptors (Lipinski definition) is 3. The number of aromatic nitrogens is 2. The number of hydrogen-bond donors (Lipinski definition) is 2.